The average molecular weight is 240 g/mol. The monoisotopic (exact) mass is 239 g/mol. The molecule has 1 aliphatic rings. The van der Waals surface area contributed by atoms with Gasteiger partial charge in [-0.05, 0) is 0 Å². The Balaban J connectivity index is 0.00000112. The maximum absolute atomic E-state index is 13.2. The van der Waals surface area contributed by atoms with Gasteiger partial charge in [0.15, 0.2) is 17.5 Å². The zero-order chi connectivity index (χ0) is 10.3. The molecule has 2 rings (SSSR count). The van der Waals surface area contributed by atoms with Crippen molar-refractivity contribution in [2.24, 2.45) is 5.73 Å². The lowest BCUT2D eigenvalue weighted by Crippen LogP contribution is -2.23. The zero-order valence-corrected chi connectivity index (χ0v) is 8.41. The van der Waals surface area contributed by atoms with Crippen LogP contribution >= 0.6 is 12.4 Å². The van der Waals surface area contributed by atoms with E-state index in [2.05, 4.69) is 0 Å². The summed E-state index contributed by atoms with van der Waals surface area (Å²) in [7, 11) is 0. The van der Waals surface area contributed by atoms with Crippen LogP contribution in [0.25, 0.3) is 0 Å². The Morgan fingerprint density at radius 1 is 1.27 bits per heavy atom. The molecule has 2 nitrogen and oxygen atoms in total. The summed E-state index contributed by atoms with van der Waals surface area (Å²) in [6.07, 6.45) is 0.398. The third kappa shape index (κ3) is 1.89. The van der Waals surface area contributed by atoms with Gasteiger partial charge in [-0.15, -0.1) is 12.4 Å². The number of hydrogen-bond acceptors (Lipinski definition) is 2. The van der Waals surface area contributed by atoms with E-state index in [-0.39, 0.29) is 23.7 Å². The summed E-state index contributed by atoms with van der Waals surface area (Å²) >= 11 is 0. The molecular weight excluding hydrogens is 231 g/mol. The third-order valence-electron chi connectivity index (χ3n) is 2.22. The van der Waals surface area contributed by atoms with E-state index in [0.29, 0.717) is 13.0 Å². The number of ether oxygens (including phenoxy) is 1. The van der Waals surface area contributed by atoms with Crippen LogP contribution in [0, 0.1) is 17.5 Å². The van der Waals surface area contributed by atoms with E-state index in [9.17, 15) is 13.2 Å². The van der Waals surface area contributed by atoms with Gasteiger partial charge in [0.05, 0.1) is 6.61 Å². The standard InChI is InChI=1S/C9H8F3NO.ClH/c10-4-3-6-7(9(12)8(4)11)5(13)1-2-14-6;/h3,5H,1-2,13H2;1H/t5-;/m1./s1. The van der Waals surface area contributed by atoms with Gasteiger partial charge in [0.1, 0.15) is 5.75 Å². The summed E-state index contributed by atoms with van der Waals surface area (Å²) in [6.45, 7) is 0.290. The van der Waals surface area contributed by atoms with Gasteiger partial charge in [-0.1, -0.05) is 0 Å². The average Bonchev–Trinajstić information content (AvgIpc) is 2.14. The third-order valence-corrected chi connectivity index (χ3v) is 2.22. The molecule has 1 atom stereocenters. The van der Waals surface area contributed by atoms with Crippen LogP contribution < -0.4 is 10.5 Å². The van der Waals surface area contributed by atoms with Gasteiger partial charge >= 0.3 is 0 Å². The van der Waals surface area contributed by atoms with E-state index in [1.807, 2.05) is 0 Å². The number of fused-ring (bicyclic) bond motifs is 1. The van der Waals surface area contributed by atoms with Crippen LogP contribution in [0.1, 0.15) is 18.0 Å². The molecule has 1 aromatic carbocycles. The number of benzene rings is 1. The Kier molecular flexibility index (Phi) is 3.46. The van der Waals surface area contributed by atoms with E-state index < -0.39 is 23.5 Å². The molecule has 6 heteroatoms. The molecule has 1 aromatic rings. The number of rotatable bonds is 0. The molecule has 0 spiro atoms. The van der Waals surface area contributed by atoms with Gasteiger partial charge in [0.2, 0.25) is 0 Å². The predicted octanol–water partition coefficient (Wildman–Crippen LogP) is 2.31. The van der Waals surface area contributed by atoms with Gasteiger partial charge in [0.25, 0.3) is 0 Å². The summed E-state index contributed by atoms with van der Waals surface area (Å²) in [6, 6.07) is 0.195. The quantitative estimate of drug-likeness (QED) is 0.705. The van der Waals surface area contributed by atoms with Crippen molar-refractivity contribution in [2.75, 3.05) is 6.61 Å². The maximum atomic E-state index is 13.2. The summed E-state index contributed by atoms with van der Waals surface area (Å²) < 4.78 is 43.8. The van der Waals surface area contributed by atoms with Crippen molar-refractivity contribution >= 4 is 12.4 Å². The molecule has 0 unspecified atom stereocenters. The summed E-state index contributed by atoms with van der Waals surface area (Å²) in [5, 5.41) is 0. The van der Waals surface area contributed by atoms with Crippen molar-refractivity contribution in [3.8, 4) is 5.75 Å². The Morgan fingerprint density at radius 2 is 1.93 bits per heavy atom. The lowest BCUT2D eigenvalue weighted by atomic mass is 10.0. The summed E-state index contributed by atoms with van der Waals surface area (Å²) in [4.78, 5) is 0. The molecule has 0 radical (unpaired) electrons. The Morgan fingerprint density at radius 3 is 2.60 bits per heavy atom. The van der Waals surface area contributed by atoms with Gasteiger partial charge in [-0.25, -0.2) is 13.2 Å². The van der Waals surface area contributed by atoms with E-state index in [1.165, 1.54) is 0 Å². The van der Waals surface area contributed by atoms with Crippen molar-refractivity contribution in [2.45, 2.75) is 12.5 Å². The SMILES string of the molecule is Cl.N[C@@H]1CCOc2cc(F)c(F)c(F)c21. The van der Waals surface area contributed by atoms with Crippen LogP contribution in [0.15, 0.2) is 6.07 Å². The summed E-state index contributed by atoms with van der Waals surface area (Å²) in [5.41, 5.74) is 5.48. The van der Waals surface area contributed by atoms with Crippen molar-refractivity contribution in [3.63, 3.8) is 0 Å². The highest BCUT2D eigenvalue weighted by Crippen LogP contribution is 2.34. The number of halogens is 4. The van der Waals surface area contributed by atoms with E-state index in [4.69, 9.17) is 10.5 Å². The fourth-order valence-corrected chi connectivity index (χ4v) is 1.49. The number of nitrogens with two attached hydrogens (primary N) is 1. The molecule has 15 heavy (non-hydrogen) atoms. The lowest BCUT2D eigenvalue weighted by molar-refractivity contribution is 0.257. The fraction of sp³-hybridized carbons (Fsp3) is 0.333. The highest BCUT2D eigenvalue weighted by atomic mass is 35.5. The van der Waals surface area contributed by atoms with Crippen LogP contribution in [-0.4, -0.2) is 6.61 Å². The Labute approximate surface area is 90.6 Å². The minimum absolute atomic E-state index is 0. The highest BCUT2D eigenvalue weighted by molar-refractivity contribution is 5.85. The topological polar surface area (TPSA) is 35.2 Å². The highest BCUT2D eigenvalue weighted by Gasteiger charge is 2.26. The molecule has 84 valence electrons. The molecular formula is C9H9ClF3NO. The normalized spacial score (nSPS) is 18.8. The van der Waals surface area contributed by atoms with E-state index in [0.717, 1.165) is 6.07 Å². The largest absolute Gasteiger partial charge is 0.493 e. The lowest BCUT2D eigenvalue weighted by Gasteiger charge is -2.23. The van der Waals surface area contributed by atoms with Gasteiger partial charge in [-0.3, -0.25) is 0 Å². The first-order valence-corrected chi connectivity index (χ1v) is 4.17. The van der Waals surface area contributed by atoms with Crippen molar-refractivity contribution in [1.29, 1.82) is 0 Å². The van der Waals surface area contributed by atoms with Crippen molar-refractivity contribution in [3.05, 3.63) is 29.1 Å². The predicted molar refractivity (Wildman–Crippen MR) is 50.6 cm³/mol. The fourth-order valence-electron chi connectivity index (χ4n) is 1.49. The van der Waals surface area contributed by atoms with E-state index >= 15 is 0 Å². The molecule has 0 aliphatic carbocycles. The Bertz CT molecular complexity index is 386. The second kappa shape index (κ2) is 4.28. The first-order chi connectivity index (χ1) is 6.61. The molecule has 1 heterocycles. The van der Waals surface area contributed by atoms with Gasteiger partial charge < -0.3 is 10.5 Å². The maximum Gasteiger partial charge on any atom is 0.195 e. The van der Waals surface area contributed by atoms with Crippen molar-refractivity contribution < 1.29 is 17.9 Å². The smallest absolute Gasteiger partial charge is 0.195 e. The van der Waals surface area contributed by atoms with Crippen LogP contribution in [0.4, 0.5) is 13.2 Å². The van der Waals surface area contributed by atoms with Crippen LogP contribution in [-0.2, 0) is 0 Å². The molecule has 0 fully saturated rings. The summed E-state index contributed by atoms with van der Waals surface area (Å²) in [5.74, 6) is -3.99. The molecule has 0 amide bonds. The van der Waals surface area contributed by atoms with Crippen LogP contribution in [0.5, 0.6) is 5.75 Å². The minimum atomic E-state index is -1.50. The van der Waals surface area contributed by atoms with Crippen molar-refractivity contribution in [1.82, 2.24) is 0 Å². The minimum Gasteiger partial charge on any atom is -0.493 e. The van der Waals surface area contributed by atoms with Gasteiger partial charge in [0, 0.05) is 24.1 Å². The number of hydrogen-bond donors (Lipinski definition) is 1. The van der Waals surface area contributed by atoms with E-state index in [1.54, 1.807) is 0 Å². The van der Waals surface area contributed by atoms with Gasteiger partial charge in [-0.2, -0.15) is 0 Å². The first-order valence-electron chi connectivity index (χ1n) is 4.17. The molecule has 0 saturated carbocycles. The second-order valence-corrected chi connectivity index (χ2v) is 3.14. The molecule has 0 aromatic heterocycles. The van der Waals surface area contributed by atoms with Crippen LogP contribution in [0.2, 0.25) is 0 Å². The zero-order valence-electron chi connectivity index (χ0n) is 7.60. The molecule has 2 N–H and O–H groups in total. The second-order valence-electron chi connectivity index (χ2n) is 3.14. The van der Waals surface area contributed by atoms with Crippen LogP contribution in [0.3, 0.4) is 0 Å². The Hall–Kier alpha value is -0.940. The molecule has 0 bridgehead atoms. The molecule has 1 aliphatic heterocycles. The first kappa shape index (κ1) is 12.1. The molecule has 0 saturated heterocycles.